The average molecular weight is 430 g/mol. The van der Waals surface area contributed by atoms with Gasteiger partial charge in [0.2, 0.25) is 0 Å². The van der Waals surface area contributed by atoms with Crippen molar-refractivity contribution in [2.24, 2.45) is 0 Å². The van der Waals surface area contributed by atoms with Crippen LogP contribution in [0.3, 0.4) is 0 Å². The lowest BCUT2D eigenvalue weighted by Crippen LogP contribution is -2.38. The maximum Gasteiger partial charge on any atom is 0.409 e. The van der Waals surface area contributed by atoms with Crippen LogP contribution in [0, 0.1) is 0 Å². The summed E-state index contributed by atoms with van der Waals surface area (Å²) in [5.41, 5.74) is 1.73. The van der Waals surface area contributed by atoms with Gasteiger partial charge in [-0.15, -0.1) is 0 Å². The van der Waals surface area contributed by atoms with E-state index in [4.69, 9.17) is 20.5 Å². The van der Waals surface area contributed by atoms with Gasteiger partial charge in [-0.2, -0.15) is 0 Å². The fourth-order valence-corrected chi connectivity index (χ4v) is 4.30. The van der Waals surface area contributed by atoms with Gasteiger partial charge in [0.25, 0.3) is 0 Å². The summed E-state index contributed by atoms with van der Waals surface area (Å²) in [6, 6.07) is 26.3. The molecule has 0 amide bonds. The number of esters is 1. The molecule has 1 N–H and O–H groups in total. The first-order chi connectivity index (χ1) is 14.0. The Morgan fingerprint density at radius 2 is 1.38 bits per heavy atom. The zero-order valence-corrected chi connectivity index (χ0v) is 17.3. The van der Waals surface area contributed by atoms with E-state index >= 15 is 0 Å². The largest absolute Gasteiger partial charge is 0.460 e. The van der Waals surface area contributed by atoms with Gasteiger partial charge in [-0.25, -0.2) is 9.65 Å². The van der Waals surface area contributed by atoms with Gasteiger partial charge in [-0.3, -0.25) is 4.79 Å². The molecule has 0 aliphatic carbocycles. The number of rotatable bonds is 9. The van der Waals surface area contributed by atoms with Gasteiger partial charge in [0.15, 0.2) is 0 Å². The lowest BCUT2D eigenvalue weighted by atomic mass is 10.1. The van der Waals surface area contributed by atoms with Gasteiger partial charge in [-0.05, 0) is 29.7 Å². The molecular weight excluding hydrogens is 409 g/mol. The predicted octanol–water partition coefficient (Wildman–Crippen LogP) is 5.36. The quantitative estimate of drug-likeness (QED) is 0.366. The molecule has 150 valence electrons. The van der Waals surface area contributed by atoms with E-state index in [9.17, 15) is 9.36 Å². The molecule has 29 heavy (non-hydrogen) atoms. The minimum absolute atomic E-state index is 0.110. The van der Waals surface area contributed by atoms with Gasteiger partial charge in [0.1, 0.15) is 18.4 Å². The number of para-hydroxylation sites is 1. The highest BCUT2D eigenvalue weighted by atomic mass is 35.7. The molecule has 0 fully saturated rings. The van der Waals surface area contributed by atoms with Crippen LogP contribution in [0.15, 0.2) is 91.0 Å². The number of nitrogens with one attached hydrogen (secondary N) is 1. The lowest BCUT2D eigenvalue weighted by Gasteiger charge is -2.21. The number of ether oxygens (including phenoxy) is 1. The molecule has 0 bridgehead atoms. The minimum Gasteiger partial charge on any atom is -0.460 e. The van der Waals surface area contributed by atoms with Crippen LogP contribution in [-0.4, -0.2) is 12.0 Å². The van der Waals surface area contributed by atoms with E-state index in [0.717, 1.165) is 11.1 Å². The molecule has 7 heteroatoms. The summed E-state index contributed by atoms with van der Waals surface area (Å²) < 4.78 is 23.6. The summed E-state index contributed by atoms with van der Waals surface area (Å²) >= 11 is 6.11. The van der Waals surface area contributed by atoms with Crippen LogP contribution < -0.4 is 9.61 Å². The van der Waals surface area contributed by atoms with E-state index in [2.05, 4.69) is 5.09 Å². The zero-order chi connectivity index (χ0) is 20.5. The number of carbonyl (C=O) groups is 1. The van der Waals surface area contributed by atoms with Crippen LogP contribution in [0.25, 0.3) is 0 Å². The van der Waals surface area contributed by atoms with Crippen LogP contribution in [0.4, 0.5) is 0 Å². The molecule has 5 nitrogen and oxygen atoms in total. The van der Waals surface area contributed by atoms with Crippen LogP contribution in [0.2, 0.25) is 0 Å². The summed E-state index contributed by atoms with van der Waals surface area (Å²) in [6.45, 7) is -3.73. The van der Waals surface area contributed by atoms with Gasteiger partial charge in [-0.1, -0.05) is 78.9 Å². The highest BCUT2D eigenvalue weighted by molar-refractivity contribution is 7.84. The van der Waals surface area contributed by atoms with Crippen molar-refractivity contribution < 1.29 is 18.6 Å². The topological polar surface area (TPSA) is 64.6 Å². The molecule has 0 radical (unpaired) electrons. The average Bonchev–Trinajstić information content (AvgIpc) is 2.73. The van der Waals surface area contributed by atoms with Crippen molar-refractivity contribution in [1.29, 1.82) is 0 Å². The van der Waals surface area contributed by atoms with Gasteiger partial charge < -0.3 is 9.26 Å². The molecule has 3 rings (SSSR count). The lowest BCUT2D eigenvalue weighted by molar-refractivity contribution is -0.147. The fraction of sp³-hybridized carbons (Fsp3) is 0.136. The van der Waals surface area contributed by atoms with E-state index in [1.807, 2.05) is 60.7 Å². The van der Waals surface area contributed by atoms with Crippen molar-refractivity contribution in [3.05, 3.63) is 102 Å². The highest BCUT2D eigenvalue weighted by Crippen LogP contribution is 2.48. The minimum atomic E-state index is -3.84. The molecule has 3 aromatic carbocycles. The predicted molar refractivity (Wildman–Crippen MR) is 114 cm³/mol. The molecule has 0 aliphatic heterocycles. The van der Waals surface area contributed by atoms with Gasteiger partial charge in [0.05, 0.1) is 0 Å². The number of carbonyl (C=O) groups excluding carboxylic acids is 1. The maximum absolute atomic E-state index is 12.8. The third-order valence-corrected chi connectivity index (χ3v) is 5.63. The summed E-state index contributed by atoms with van der Waals surface area (Å²) in [5, 5.41) is 2.65. The maximum atomic E-state index is 12.8. The molecule has 0 aliphatic rings. The number of benzene rings is 3. The summed E-state index contributed by atoms with van der Waals surface area (Å²) in [4.78, 5) is 12.7. The SMILES string of the molecule is O=C(OCc1ccccc1)[C@H](Cc1ccccc1)NP(=O)(Cl)Oc1ccccc1. The van der Waals surface area contributed by atoms with Crippen LogP contribution in [0.1, 0.15) is 11.1 Å². The highest BCUT2D eigenvalue weighted by Gasteiger charge is 2.31. The molecule has 1 unspecified atom stereocenters. The summed E-state index contributed by atoms with van der Waals surface area (Å²) in [6.07, 6.45) is 0.253. The third-order valence-electron chi connectivity index (χ3n) is 4.07. The molecule has 0 spiro atoms. The molecule has 0 saturated heterocycles. The van der Waals surface area contributed by atoms with Crippen molar-refractivity contribution >= 4 is 24.1 Å². The summed E-state index contributed by atoms with van der Waals surface area (Å²) in [5.74, 6) is -0.218. The second-order valence-electron chi connectivity index (χ2n) is 6.35. The number of hydrogen-bond acceptors (Lipinski definition) is 4. The Morgan fingerprint density at radius 1 is 0.862 bits per heavy atom. The molecule has 0 aromatic heterocycles. The molecular formula is C22H21ClNO4P. The third kappa shape index (κ3) is 7.06. The molecule has 0 heterocycles. The van der Waals surface area contributed by atoms with Crippen LogP contribution >= 0.6 is 18.1 Å². The van der Waals surface area contributed by atoms with Gasteiger partial charge in [0, 0.05) is 11.2 Å². The first-order valence-corrected chi connectivity index (χ1v) is 11.6. The Morgan fingerprint density at radius 3 is 1.97 bits per heavy atom. The van der Waals surface area contributed by atoms with Crippen molar-refractivity contribution in [1.82, 2.24) is 5.09 Å². The second kappa shape index (κ2) is 10.3. The van der Waals surface area contributed by atoms with E-state index in [1.54, 1.807) is 30.3 Å². The number of halogens is 1. The monoisotopic (exact) mass is 429 g/mol. The van der Waals surface area contributed by atoms with Crippen LogP contribution in [-0.2, 0) is 27.1 Å². The van der Waals surface area contributed by atoms with E-state index in [0.29, 0.717) is 5.75 Å². The first kappa shape index (κ1) is 21.1. The fourth-order valence-electron chi connectivity index (χ4n) is 2.69. The Bertz CT molecular complexity index is 954. The van der Waals surface area contributed by atoms with Crippen molar-refractivity contribution in [2.75, 3.05) is 0 Å². The molecule has 0 saturated carbocycles. The van der Waals surface area contributed by atoms with E-state index < -0.39 is 18.9 Å². The normalized spacial score (nSPS) is 13.8. The van der Waals surface area contributed by atoms with Gasteiger partial charge >= 0.3 is 12.8 Å². The van der Waals surface area contributed by atoms with Crippen LogP contribution in [0.5, 0.6) is 5.75 Å². The molecule has 2 atom stereocenters. The Labute approximate surface area is 174 Å². The Kier molecular flexibility index (Phi) is 7.48. The van der Waals surface area contributed by atoms with Crippen molar-refractivity contribution in [2.45, 2.75) is 19.1 Å². The zero-order valence-electron chi connectivity index (χ0n) is 15.6. The van der Waals surface area contributed by atoms with Crippen molar-refractivity contribution in [3.63, 3.8) is 0 Å². The Balaban J connectivity index is 1.71. The van der Waals surface area contributed by atoms with E-state index in [1.165, 1.54) is 0 Å². The van der Waals surface area contributed by atoms with Crippen molar-refractivity contribution in [3.8, 4) is 5.75 Å². The Hall–Kier alpha value is -2.59. The standard InChI is InChI=1S/C22H21ClNO4P/c23-29(26,28-20-14-8-3-9-15-20)24-21(16-18-10-4-1-5-11-18)22(25)27-17-19-12-6-2-7-13-19/h1-15,21H,16-17H2,(H,24,26)/t21-,29?/m0/s1. The van der Waals surface area contributed by atoms with E-state index in [-0.39, 0.29) is 13.0 Å². The first-order valence-electron chi connectivity index (χ1n) is 9.08. The smallest absolute Gasteiger partial charge is 0.409 e. The number of hydrogen-bond donors (Lipinski definition) is 1. The molecule has 3 aromatic rings. The summed E-state index contributed by atoms with van der Waals surface area (Å²) in [7, 11) is 0. The second-order valence-corrected chi connectivity index (χ2v) is 9.08.